The second-order valence-corrected chi connectivity index (χ2v) is 10.3. The van der Waals surface area contributed by atoms with Gasteiger partial charge in [-0.25, -0.2) is 14.4 Å². The minimum Gasteiger partial charge on any atom is -0.486 e. The molecule has 0 aliphatic carbocycles. The zero-order valence-corrected chi connectivity index (χ0v) is 22.2. The molecule has 0 bridgehead atoms. The molecule has 2 aliphatic rings. The summed E-state index contributed by atoms with van der Waals surface area (Å²) in [6.45, 7) is 5.13. The Morgan fingerprint density at radius 1 is 1.30 bits per heavy atom. The third-order valence-electron chi connectivity index (χ3n) is 7.12. The van der Waals surface area contributed by atoms with Crippen LogP contribution in [0, 0.1) is 11.3 Å². The highest BCUT2D eigenvalue weighted by atomic mass is 19.1. The van der Waals surface area contributed by atoms with Crippen LogP contribution in [0.3, 0.4) is 0 Å². The molecule has 1 fully saturated rings. The van der Waals surface area contributed by atoms with E-state index in [0.717, 1.165) is 11.3 Å². The number of likely N-dealkylation sites (tertiary alicyclic amines) is 1. The van der Waals surface area contributed by atoms with Crippen LogP contribution in [-0.2, 0) is 15.0 Å². The number of aliphatic hydroxyl groups is 1. The normalized spacial score (nSPS) is 20.2. The van der Waals surface area contributed by atoms with Crippen LogP contribution in [0.5, 0.6) is 5.75 Å². The molecular weight excluding hydrogens is 517 g/mol. The number of nitriles is 1. The van der Waals surface area contributed by atoms with Gasteiger partial charge in [-0.2, -0.15) is 10.2 Å². The molecule has 11 nitrogen and oxygen atoms in total. The Morgan fingerprint density at radius 3 is 2.83 bits per heavy atom. The number of halogens is 1. The molecule has 3 N–H and O–H groups in total. The predicted octanol–water partition coefficient (Wildman–Crippen LogP) is 3.08. The van der Waals surface area contributed by atoms with Gasteiger partial charge in [-0.1, -0.05) is 6.07 Å². The van der Waals surface area contributed by atoms with Gasteiger partial charge in [0.05, 0.1) is 17.5 Å². The van der Waals surface area contributed by atoms with Gasteiger partial charge in [0.1, 0.15) is 30.4 Å². The summed E-state index contributed by atoms with van der Waals surface area (Å²) < 4.78 is 20.6. The van der Waals surface area contributed by atoms with E-state index >= 15 is 0 Å². The zero-order chi connectivity index (χ0) is 28.6. The van der Waals surface area contributed by atoms with Crippen molar-refractivity contribution in [2.24, 2.45) is 0 Å². The fourth-order valence-corrected chi connectivity index (χ4v) is 4.80. The van der Waals surface area contributed by atoms with Gasteiger partial charge in [-0.05, 0) is 56.7 Å². The van der Waals surface area contributed by atoms with Gasteiger partial charge in [-0.3, -0.25) is 9.59 Å². The number of aliphatic hydroxyl groups excluding tert-OH is 1. The number of hydrogen-bond acceptors (Lipinski definition) is 9. The number of nitrogens with one attached hydrogen (secondary N) is 2. The maximum absolute atomic E-state index is 14.8. The molecule has 3 atom stereocenters. The molecule has 1 aromatic heterocycles. The lowest BCUT2D eigenvalue weighted by Gasteiger charge is -2.35. The van der Waals surface area contributed by atoms with Gasteiger partial charge in [0, 0.05) is 29.9 Å². The van der Waals surface area contributed by atoms with Crippen LogP contribution in [0.15, 0.2) is 42.7 Å². The highest BCUT2D eigenvalue weighted by Crippen LogP contribution is 2.39. The molecule has 1 saturated heterocycles. The number of piperidine rings is 1. The minimum atomic E-state index is -1.47. The molecule has 40 heavy (non-hydrogen) atoms. The monoisotopic (exact) mass is 545 g/mol. The summed E-state index contributed by atoms with van der Waals surface area (Å²) in [7, 11) is 0. The average Bonchev–Trinajstić information content (AvgIpc) is 3.16. The highest BCUT2D eigenvalue weighted by molar-refractivity contribution is 6.06. The fraction of sp³-hybridized carbons (Fsp3) is 0.357. The number of fused-ring (bicyclic) bond motifs is 1. The summed E-state index contributed by atoms with van der Waals surface area (Å²) in [5.41, 5.74) is 2.41. The first-order chi connectivity index (χ1) is 19.1. The molecular formula is C28H28FN7O4. The Bertz CT molecular complexity index is 1520. The van der Waals surface area contributed by atoms with Crippen LogP contribution in [0.4, 0.5) is 21.7 Å². The predicted molar refractivity (Wildman–Crippen MR) is 144 cm³/mol. The van der Waals surface area contributed by atoms with Gasteiger partial charge < -0.3 is 25.4 Å². The van der Waals surface area contributed by atoms with E-state index in [-0.39, 0.29) is 42.7 Å². The third-order valence-corrected chi connectivity index (χ3v) is 7.12. The van der Waals surface area contributed by atoms with Crippen LogP contribution in [0.25, 0.3) is 11.4 Å². The Balaban J connectivity index is 1.30. The van der Waals surface area contributed by atoms with Crippen LogP contribution in [-0.4, -0.2) is 68.2 Å². The van der Waals surface area contributed by atoms with Crippen molar-refractivity contribution >= 4 is 29.1 Å². The standard InChI is InChI=1S/C28H28FN7O4/c1-15(37)25(38)36-9-8-23(20(29)13-36)40-22-7-4-16(10-17(22)12-30)24-31-14-32-27(35-24)33-18-5-6-19-21(11-18)34-26(39)28(19,2)3/h4-7,10-11,14-15,20,23,37H,8-9,13H2,1-3H3,(H,34,39)(H,31,32,33,35)/t15?,20-,23+/m1/s1. The summed E-state index contributed by atoms with van der Waals surface area (Å²) in [5, 5.41) is 25.2. The number of aromatic nitrogens is 3. The molecule has 2 aromatic carbocycles. The van der Waals surface area contributed by atoms with Crippen LogP contribution in [0.2, 0.25) is 0 Å². The first kappa shape index (κ1) is 27.0. The second-order valence-electron chi connectivity index (χ2n) is 10.3. The van der Waals surface area contributed by atoms with E-state index in [1.54, 1.807) is 18.2 Å². The first-order valence-corrected chi connectivity index (χ1v) is 12.8. The first-order valence-electron chi connectivity index (χ1n) is 12.8. The Kier molecular flexibility index (Phi) is 7.08. The number of hydrogen-bond donors (Lipinski definition) is 3. The summed E-state index contributed by atoms with van der Waals surface area (Å²) >= 11 is 0. The van der Waals surface area contributed by atoms with Crippen LogP contribution < -0.4 is 15.4 Å². The van der Waals surface area contributed by atoms with Gasteiger partial charge in [0.15, 0.2) is 12.0 Å². The van der Waals surface area contributed by atoms with Crippen molar-refractivity contribution < 1.29 is 23.8 Å². The summed E-state index contributed by atoms with van der Waals surface area (Å²) in [6, 6.07) is 12.4. The van der Waals surface area contributed by atoms with E-state index in [2.05, 4.69) is 31.7 Å². The molecule has 3 heterocycles. The largest absolute Gasteiger partial charge is 0.486 e. The molecule has 0 spiro atoms. The fourth-order valence-electron chi connectivity index (χ4n) is 4.80. The van der Waals surface area contributed by atoms with Gasteiger partial charge >= 0.3 is 0 Å². The van der Waals surface area contributed by atoms with Gasteiger partial charge in [-0.15, -0.1) is 0 Å². The summed E-state index contributed by atoms with van der Waals surface area (Å²) in [5.74, 6) is 0.198. The molecule has 206 valence electrons. The van der Waals surface area contributed by atoms with E-state index in [1.807, 2.05) is 32.0 Å². The van der Waals surface area contributed by atoms with Crippen molar-refractivity contribution in [1.29, 1.82) is 5.26 Å². The van der Waals surface area contributed by atoms with Crippen molar-refractivity contribution in [3.05, 3.63) is 53.9 Å². The Morgan fingerprint density at radius 2 is 2.10 bits per heavy atom. The smallest absolute Gasteiger partial charge is 0.251 e. The van der Waals surface area contributed by atoms with E-state index in [9.17, 15) is 24.3 Å². The molecule has 0 saturated carbocycles. The highest BCUT2D eigenvalue weighted by Gasteiger charge is 2.38. The van der Waals surface area contributed by atoms with Crippen molar-refractivity contribution in [2.75, 3.05) is 23.7 Å². The Hall–Kier alpha value is -4.63. The van der Waals surface area contributed by atoms with Gasteiger partial charge in [0.25, 0.3) is 5.91 Å². The lowest BCUT2D eigenvalue weighted by molar-refractivity contribution is -0.143. The van der Waals surface area contributed by atoms with Crippen molar-refractivity contribution in [3.63, 3.8) is 0 Å². The molecule has 1 unspecified atom stereocenters. The number of amides is 2. The average molecular weight is 546 g/mol. The lowest BCUT2D eigenvalue weighted by atomic mass is 9.86. The second kappa shape index (κ2) is 10.5. The SMILES string of the molecule is CC(O)C(=O)N1CC[C@H](Oc2ccc(-c3ncnc(Nc4ccc5c(c4)NC(=O)C5(C)C)n3)cc2C#N)[C@H](F)C1. The van der Waals surface area contributed by atoms with Crippen molar-refractivity contribution in [2.45, 2.75) is 51.0 Å². The number of carbonyl (C=O) groups is 2. The van der Waals surface area contributed by atoms with Gasteiger partial charge in [0.2, 0.25) is 11.9 Å². The van der Waals surface area contributed by atoms with Crippen LogP contribution in [0.1, 0.15) is 38.3 Å². The minimum absolute atomic E-state index is 0.0678. The molecule has 3 aromatic rings. The quantitative estimate of drug-likeness (QED) is 0.424. The van der Waals surface area contributed by atoms with Crippen LogP contribution >= 0.6 is 0 Å². The maximum atomic E-state index is 14.8. The number of benzene rings is 2. The number of carbonyl (C=O) groups excluding carboxylic acids is 2. The molecule has 2 aliphatic heterocycles. The van der Waals surface area contributed by atoms with E-state index < -0.39 is 29.7 Å². The number of anilines is 3. The zero-order valence-electron chi connectivity index (χ0n) is 22.2. The number of nitrogens with zero attached hydrogens (tertiary/aromatic N) is 5. The summed E-state index contributed by atoms with van der Waals surface area (Å²) in [6.07, 6.45) is -1.95. The van der Waals surface area contributed by atoms with E-state index in [4.69, 9.17) is 4.74 Å². The maximum Gasteiger partial charge on any atom is 0.251 e. The van der Waals surface area contributed by atoms with Crippen molar-refractivity contribution in [1.82, 2.24) is 19.9 Å². The molecule has 0 radical (unpaired) electrons. The van der Waals surface area contributed by atoms with E-state index in [0.29, 0.717) is 17.1 Å². The van der Waals surface area contributed by atoms with E-state index in [1.165, 1.54) is 18.2 Å². The number of alkyl halides is 1. The molecule has 5 rings (SSSR count). The molecule has 12 heteroatoms. The Labute approximate surface area is 230 Å². The third kappa shape index (κ3) is 5.15. The summed E-state index contributed by atoms with van der Waals surface area (Å²) in [4.78, 5) is 38.4. The number of ether oxygens (including phenoxy) is 1. The van der Waals surface area contributed by atoms with Crippen molar-refractivity contribution in [3.8, 4) is 23.2 Å². The topological polar surface area (TPSA) is 153 Å². The lowest BCUT2D eigenvalue weighted by Crippen LogP contribution is -2.51. The molecule has 2 amide bonds. The number of rotatable bonds is 6.